The van der Waals surface area contributed by atoms with Gasteiger partial charge in [0.15, 0.2) is 55.6 Å². The van der Waals surface area contributed by atoms with E-state index >= 15 is 9.59 Å². The van der Waals surface area contributed by atoms with E-state index in [1.54, 1.807) is 55.4 Å². The zero-order chi connectivity index (χ0) is 95.2. The third kappa shape index (κ3) is 29.7. The standard InChI is InChI=1S/C81H88B7IN6O26S9/c1-80(2)68(94(22-10-24-129(108,109)110)58-28-46(72(96)90-18-6-13-53-62(116-40-123-83)32-49(77(102)103)33-63(53)117-41-124-84)26-56(70(58)80)74(98)92-20-8-12-52-60(114-38-89)30-48(76(100)101)31-61(52)115-39-122-82)16-5-17-69-81(3,4)71-57(75(99)93-21-9-15-55-66(120-44-127-87)36-51(79(106)107)37-67(55)121-45-128-88)27-47(29-59(71)95(69)23-11-25-130(111,112)113)73(97)91-19-7-14-54-64(118-42-125-85)34-50(78(104)105)35-65(54)119-43-126-86/h5,16-17,26-37H,6-15,18-25,38-45H2,1-4H3,(H9-,90,91,92,93,96,97,98,99,100,101,102,103,104,105,106,107,108,109,110,111,112,113)/p+1. The van der Waals surface area contributed by atoms with E-state index in [-0.39, 0.29) is 252 Å². The third-order valence-corrected chi connectivity index (χ3v) is 24.1. The number of halogens is 1. The average molecular weight is 2050 g/mol. The number of hydrogen-bond acceptors (Lipinski definition) is 28. The predicted octanol–water partition coefficient (Wildman–Crippen LogP) is 10.9. The number of ether oxygens (including phenoxy) is 8. The number of amides is 4. The van der Waals surface area contributed by atoms with E-state index in [1.165, 1.54) is 72.8 Å². The number of carbonyl (C=O) groups is 8. The Kier molecular flexibility index (Phi) is 42.4. The first kappa shape index (κ1) is 107. The number of aromatic carboxylic acids is 4. The van der Waals surface area contributed by atoms with E-state index in [0.717, 1.165) is 81.3 Å². The number of carboxylic acid groups (broad SMARTS) is 4. The number of hydrogen-bond donors (Lipinski definition) is 10. The lowest BCUT2D eigenvalue weighted by Crippen LogP contribution is -2.32. The summed E-state index contributed by atoms with van der Waals surface area (Å²) in [5.41, 5.74) is 0.505. The summed E-state index contributed by atoms with van der Waals surface area (Å²) in [5, 5.41) is 51.8. The summed E-state index contributed by atoms with van der Waals surface area (Å²) in [4.78, 5) is 112. The van der Waals surface area contributed by atoms with Gasteiger partial charge in [-0.2, -0.15) is 103 Å². The van der Waals surface area contributed by atoms with Gasteiger partial charge in [0.25, 0.3) is 43.9 Å². The lowest BCUT2D eigenvalue weighted by atomic mass is 9.78. The summed E-state index contributed by atoms with van der Waals surface area (Å²) in [5.74, 6) is -8.51. The van der Waals surface area contributed by atoms with Crippen molar-refractivity contribution in [3.63, 3.8) is 0 Å². The fourth-order valence-corrected chi connectivity index (χ4v) is 17.6. The van der Waals surface area contributed by atoms with Gasteiger partial charge in [-0.3, -0.25) is 28.3 Å². The number of rotatable bonds is 57. The molecule has 0 aliphatic carbocycles. The fraction of sp³-hybridized carbons (Fsp3) is 0.395. The molecule has 6 aromatic carbocycles. The number of carbonyl (C=O) groups excluding carboxylic acids is 4. The number of anilines is 1. The Hall–Kier alpha value is -8.12. The van der Waals surface area contributed by atoms with Crippen molar-refractivity contribution < 1.29 is 127 Å². The minimum absolute atomic E-state index is 0.0103. The summed E-state index contributed by atoms with van der Waals surface area (Å²) in [7, 11) is 30.7. The highest BCUT2D eigenvalue weighted by molar-refractivity contribution is 14.1. The molecule has 32 nitrogen and oxygen atoms in total. The van der Waals surface area contributed by atoms with E-state index < -0.39 is 90.1 Å². The van der Waals surface area contributed by atoms with Crippen molar-refractivity contribution in [2.24, 2.45) is 0 Å². The van der Waals surface area contributed by atoms with Crippen molar-refractivity contribution in [1.29, 1.82) is 0 Å². The summed E-state index contributed by atoms with van der Waals surface area (Å²) in [6.07, 6.45) is 5.90. The van der Waals surface area contributed by atoms with Gasteiger partial charge < -0.3 is 84.5 Å². The molecule has 0 saturated heterocycles. The molecule has 10 N–H and O–H groups in total. The quantitative estimate of drug-likeness (QED) is 0.00322. The van der Waals surface area contributed by atoms with E-state index in [4.69, 9.17) is 87.8 Å². The Labute approximate surface area is 805 Å². The average Bonchev–Trinajstić information content (AvgIpc) is 1.58. The maximum Gasteiger partial charge on any atom is 0.335 e. The summed E-state index contributed by atoms with van der Waals surface area (Å²) in [6, 6.07) is 16.5. The van der Waals surface area contributed by atoms with E-state index in [2.05, 4.69) is 21.3 Å². The van der Waals surface area contributed by atoms with Gasteiger partial charge in [-0.1, -0.05) is 19.9 Å². The molecule has 6 aromatic rings. The normalized spacial score (nSPS) is 13.4. The minimum Gasteiger partial charge on any atom is -0.484 e. The Balaban J connectivity index is 1.25. The Bertz CT molecular complexity index is 5390. The van der Waals surface area contributed by atoms with E-state index in [0.29, 0.717) is 44.8 Å². The van der Waals surface area contributed by atoms with Gasteiger partial charge in [-0.25, -0.2) is 19.2 Å². The van der Waals surface area contributed by atoms with E-state index in [9.17, 15) is 75.1 Å². The second-order valence-electron chi connectivity index (χ2n) is 29.7. The number of benzene rings is 6. The Morgan fingerprint density at radius 3 is 1.04 bits per heavy atom. The van der Waals surface area contributed by atoms with Crippen LogP contribution in [-0.2, 0) is 56.7 Å². The molecular formula is C81H89B7IN6O26S9+. The lowest BCUT2D eigenvalue weighted by molar-refractivity contribution is -0.437. The van der Waals surface area contributed by atoms with Crippen LogP contribution in [0.4, 0.5) is 11.4 Å². The van der Waals surface area contributed by atoms with Crippen LogP contribution in [0, 0.1) is 0 Å². The molecule has 2 aliphatic rings. The van der Waals surface area contributed by atoms with Crippen LogP contribution < -0.4 is 64.1 Å². The predicted molar refractivity (Wildman–Crippen MR) is 523 cm³/mol. The van der Waals surface area contributed by atoms with Gasteiger partial charge in [0.2, 0.25) is 5.69 Å². The summed E-state index contributed by atoms with van der Waals surface area (Å²) >= 11 is 7.86. The number of carboxylic acids is 4. The molecule has 130 heavy (non-hydrogen) atoms. The van der Waals surface area contributed by atoms with Crippen molar-refractivity contribution in [1.82, 2.24) is 21.3 Å². The first-order valence-electron chi connectivity index (χ1n) is 39.5. The van der Waals surface area contributed by atoms with Crippen LogP contribution in [0.25, 0.3) is 0 Å². The van der Waals surface area contributed by atoms with Gasteiger partial charge >= 0.3 is 23.9 Å². The van der Waals surface area contributed by atoms with Crippen molar-refractivity contribution in [3.05, 3.63) is 175 Å². The van der Waals surface area contributed by atoms with Gasteiger partial charge in [-0.15, -0.1) is 0 Å². The smallest absolute Gasteiger partial charge is 0.335 e. The minimum atomic E-state index is -4.63. The lowest BCUT2D eigenvalue weighted by Gasteiger charge is -2.27. The molecule has 0 unspecified atom stereocenters. The van der Waals surface area contributed by atoms with Crippen molar-refractivity contribution in [2.75, 3.05) is 102 Å². The maximum atomic E-state index is 15.4. The zero-order valence-electron chi connectivity index (χ0n) is 70.9. The number of fused-ring (bicyclic) bond motifs is 2. The molecule has 49 heteroatoms. The maximum absolute atomic E-state index is 15.4. The van der Waals surface area contributed by atoms with Gasteiger partial charge in [0.05, 0.1) is 50.3 Å². The first-order chi connectivity index (χ1) is 61.9. The Morgan fingerprint density at radius 2 is 0.723 bits per heavy atom. The highest BCUT2D eigenvalue weighted by Gasteiger charge is 2.49. The van der Waals surface area contributed by atoms with Gasteiger partial charge in [0.1, 0.15) is 98.7 Å². The van der Waals surface area contributed by atoms with E-state index in [1.807, 2.05) is 22.6 Å². The summed E-state index contributed by atoms with van der Waals surface area (Å²) in [6.45, 7) is 6.64. The molecule has 0 aromatic heterocycles. The van der Waals surface area contributed by atoms with Crippen LogP contribution in [0.15, 0.2) is 96.7 Å². The highest BCUT2D eigenvalue weighted by Crippen LogP contribution is 2.51. The van der Waals surface area contributed by atoms with Gasteiger partial charge in [0, 0.05) is 113 Å². The second kappa shape index (κ2) is 51.4. The molecule has 0 fully saturated rings. The van der Waals surface area contributed by atoms with Crippen LogP contribution in [0.2, 0.25) is 0 Å². The first-order valence-corrected chi connectivity index (χ1v) is 51.6. The number of nitrogens with zero attached hydrogens (tertiary/aromatic N) is 2. The molecule has 14 radical (unpaired) electrons. The second-order valence-corrected chi connectivity index (χ2v) is 37.4. The SMILES string of the molecule is [B]SCOc1cc(C(=O)O)cc(OCI)c1CCCNC(=O)c1cc(C(=O)NCCCc2c(OCS[B])cc(C(=O)O)cc2OCS[B])cc2c1C(C)(C)/C(=C\C=C\C1=[N+](CCCS(=O)(=O)O)c3cc(C(=O)NCCCc4c(OCS[B])cc(C(=O)O)cc4OCS[B])cc(C(=O)NCCCc4c(OCS[B])cc(C(=O)O)cc4OCS[B])c3C1(C)C)N2CCCS(=O)(=O)O. The molecule has 0 atom stereocenters. The molecule has 680 valence electrons. The Morgan fingerprint density at radius 1 is 0.415 bits per heavy atom. The third-order valence-electron chi connectivity index (χ3n) is 20.4. The monoisotopic (exact) mass is 2050 g/mol. The van der Waals surface area contributed by atoms with Crippen molar-refractivity contribution in [3.8, 4) is 46.0 Å². The molecule has 0 spiro atoms. The van der Waals surface area contributed by atoms with Crippen LogP contribution >= 0.6 is 104 Å². The van der Waals surface area contributed by atoms with Crippen molar-refractivity contribution >= 4 is 239 Å². The van der Waals surface area contributed by atoms with Crippen molar-refractivity contribution in [2.45, 2.75) is 103 Å². The number of alkyl halides is 1. The van der Waals surface area contributed by atoms with Crippen LogP contribution in [-0.4, -0.2) is 251 Å². The molecule has 2 aliphatic heterocycles. The molecular weight excluding hydrogens is 1960 g/mol. The molecule has 0 bridgehead atoms. The molecule has 4 amide bonds. The number of allylic oxidation sites excluding steroid dienone is 4. The largest absolute Gasteiger partial charge is 0.484 e. The topological polar surface area (TPSA) is 454 Å². The van der Waals surface area contributed by atoms with Crippen LogP contribution in [0.5, 0.6) is 46.0 Å². The molecule has 0 saturated carbocycles. The fourth-order valence-electron chi connectivity index (χ4n) is 14.9. The molecule has 2 heterocycles. The summed E-state index contributed by atoms with van der Waals surface area (Å²) < 4.78 is 120. The number of nitrogens with one attached hydrogen (secondary N) is 4. The van der Waals surface area contributed by atoms with Crippen LogP contribution in [0.1, 0.15) is 182 Å². The van der Waals surface area contributed by atoms with Crippen LogP contribution in [0.3, 0.4) is 0 Å². The zero-order valence-corrected chi connectivity index (χ0v) is 80.4. The molecule has 8 rings (SSSR count). The highest BCUT2D eigenvalue weighted by atomic mass is 127. The van der Waals surface area contributed by atoms with Gasteiger partial charge in [-0.05, 0) is 167 Å².